The van der Waals surface area contributed by atoms with E-state index in [0.29, 0.717) is 11.5 Å². The van der Waals surface area contributed by atoms with Crippen molar-refractivity contribution in [2.24, 2.45) is 5.41 Å². The maximum Gasteiger partial charge on any atom is 0.0631 e. The molecule has 0 aromatic heterocycles. The van der Waals surface area contributed by atoms with Crippen molar-refractivity contribution in [1.29, 1.82) is 0 Å². The molecule has 2 rings (SSSR count). The number of hydrogen-bond donors (Lipinski definition) is 1. The molecule has 88 valence electrons. The minimum atomic E-state index is 0.490. The number of nitrogens with one attached hydrogen (secondary N) is 1. The Morgan fingerprint density at radius 1 is 1.25 bits per heavy atom. The van der Waals surface area contributed by atoms with E-state index in [0.717, 1.165) is 8.95 Å². The first-order valence-corrected chi connectivity index (χ1v) is 7.23. The van der Waals surface area contributed by atoms with Gasteiger partial charge in [-0.25, -0.2) is 0 Å². The predicted octanol–water partition coefficient (Wildman–Crippen LogP) is 5.12. The van der Waals surface area contributed by atoms with Gasteiger partial charge in [-0.15, -0.1) is 0 Å². The Morgan fingerprint density at radius 2 is 1.75 bits per heavy atom. The van der Waals surface area contributed by atoms with Crippen molar-refractivity contribution in [1.82, 2.24) is 0 Å². The molecule has 1 aromatic rings. The van der Waals surface area contributed by atoms with Gasteiger partial charge < -0.3 is 5.32 Å². The largest absolute Gasteiger partial charge is 0.380 e. The summed E-state index contributed by atoms with van der Waals surface area (Å²) in [6.07, 6.45) is 2.67. The van der Waals surface area contributed by atoms with Gasteiger partial charge in [0.1, 0.15) is 0 Å². The van der Waals surface area contributed by atoms with E-state index in [9.17, 15) is 0 Å². The lowest BCUT2D eigenvalue weighted by Crippen LogP contribution is -2.25. The smallest absolute Gasteiger partial charge is 0.0631 e. The van der Waals surface area contributed by atoms with Crippen molar-refractivity contribution < 1.29 is 0 Å². The monoisotopic (exact) mass is 345 g/mol. The standard InChI is InChI=1S/C13H17Br2N/c1-8-6-10(14)12(11(15)7-8)16-9(2)13(3)4-5-13/h6-7,9,16H,4-5H2,1-3H3. The zero-order valence-electron chi connectivity index (χ0n) is 9.90. The van der Waals surface area contributed by atoms with Crippen LogP contribution >= 0.6 is 31.9 Å². The molecule has 0 aliphatic heterocycles. The van der Waals surface area contributed by atoms with Gasteiger partial charge in [0.15, 0.2) is 0 Å². The Labute approximate surface area is 114 Å². The van der Waals surface area contributed by atoms with E-state index in [2.05, 4.69) is 70.1 Å². The topological polar surface area (TPSA) is 12.0 Å². The van der Waals surface area contributed by atoms with Gasteiger partial charge in [-0.05, 0) is 81.7 Å². The Hall–Kier alpha value is -0.0200. The van der Waals surface area contributed by atoms with Crippen molar-refractivity contribution in [3.8, 4) is 0 Å². The summed E-state index contributed by atoms with van der Waals surface area (Å²) in [4.78, 5) is 0. The number of hydrogen-bond acceptors (Lipinski definition) is 1. The van der Waals surface area contributed by atoms with Crippen LogP contribution in [0.15, 0.2) is 21.1 Å². The molecule has 1 unspecified atom stereocenters. The van der Waals surface area contributed by atoms with E-state index in [1.807, 2.05) is 0 Å². The average molecular weight is 347 g/mol. The summed E-state index contributed by atoms with van der Waals surface area (Å²) in [6, 6.07) is 4.81. The van der Waals surface area contributed by atoms with E-state index in [-0.39, 0.29) is 0 Å². The molecule has 1 fully saturated rings. The van der Waals surface area contributed by atoms with Crippen LogP contribution < -0.4 is 5.32 Å². The van der Waals surface area contributed by atoms with E-state index < -0.39 is 0 Å². The van der Waals surface area contributed by atoms with Gasteiger partial charge >= 0.3 is 0 Å². The van der Waals surface area contributed by atoms with Crippen molar-refractivity contribution in [2.75, 3.05) is 5.32 Å². The normalized spacial score (nSPS) is 19.3. The fraction of sp³-hybridized carbons (Fsp3) is 0.538. The van der Waals surface area contributed by atoms with Crippen LogP contribution in [0.3, 0.4) is 0 Å². The SMILES string of the molecule is Cc1cc(Br)c(NC(C)C2(C)CC2)c(Br)c1. The molecule has 16 heavy (non-hydrogen) atoms. The third kappa shape index (κ3) is 2.45. The summed E-state index contributed by atoms with van der Waals surface area (Å²) < 4.78 is 2.27. The molecule has 0 amide bonds. The number of rotatable bonds is 3. The summed E-state index contributed by atoms with van der Waals surface area (Å²) in [6.45, 7) is 6.72. The van der Waals surface area contributed by atoms with Crippen LogP contribution in [0.5, 0.6) is 0 Å². The predicted molar refractivity (Wildman–Crippen MR) is 77.0 cm³/mol. The third-order valence-electron chi connectivity index (χ3n) is 3.63. The van der Waals surface area contributed by atoms with Gasteiger partial charge in [-0.3, -0.25) is 0 Å². The molecule has 1 aliphatic rings. The van der Waals surface area contributed by atoms with Crippen molar-refractivity contribution in [2.45, 2.75) is 39.7 Å². The Morgan fingerprint density at radius 3 is 2.19 bits per heavy atom. The first-order valence-electron chi connectivity index (χ1n) is 5.64. The molecule has 1 aliphatic carbocycles. The van der Waals surface area contributed by atoms with E-state index >= 15 is 0 Å². The molecule has 1 atom stereocenters. The molecule has 1 nitrogen and oxygen atoms in total. The van der Waals surface area contributed by atoms with E-state index in [4.69, 9.17) is 0 Å². The number of benzene rings is 1. The Kier molecular flexibility index (Phi) is 3.37. The third-order valence-corrected chi connectivity index (χ3v) is 4.88. The molecule has 1 N–H and O–H groups in total. The van der Waals surface area contributed by atoms with Gasteiger partial charge in [-0.1, -0.05) is 6.92 Å². The molecule has 0 radical (unpaired) electrons. The van der Waals surface area contributed by atoms with Crippen LogP contribution in [0.1, 0.15) is 32.3 Å². The molecule has 0 saturated heterocycles. The zero-order valence-corrected chi connectivity index (χ0v) is 13.1. The van der Waals surface area contributed by atoms with Gasteiger partial charge in [0.2, 0.25) is 0 Å². The fourth-order valence-electron chi connectivity index (χ4n) is 1.86. The quantitative estimate of drug-likeness (QED) is 0.800. The highest BCUT2D eigenvalue weighted by Crippen LogP contribution is 2.49. The highest BCUT2D eigenvalue weighted by Gasteiger charge is 2.42. The Balaban J connectivity index is 2.21. The van der Waals surface area contributed by atoms with E-state index in [1.54, 1.807) is 0 Å². The second-order valence-electron chi connectivity index (χ2n) is 5.12. The zero-order chi connectivity index (χ0) is 11.9. The van der Waals surface area contributed by atoms with Crippen LogP contribution in [-0.4, -0.2) is 6.04 Å². The summed E-state index contributed by atoms with van der Waals surface area (Å²) in [7, 11) is 0. The second-order valence-corrected chi connectivity index (χ2v) is 6.83. The highest BCUT2D eigenvalue weighted by atomic mass is 79.9. The molecule has 1 aromatic carbocycles. The van der Waals surface area contributed by atoms with Crippen LogP contribution in [0, 0.1) is 12.3 Å². The summed E-state index contributed by atoms with van der Waals surface area (Å²) >= 11 is 7.24. The van der Waals surface area contributed by atoms with Crippen molar-refractivity contribution >= 4 is 37.5 Å². The molecule has 0 bridgehead atoms. The first kappa shape index (κ1) is 12.4. The maximum absolute atomic E-state index is 3.62. The minimum Gasteiger partial charge on any atom is -0.380 e. The molecule has 0 heterocycles. The summed E-state index contributed by atoms with van der Waals surface area (Å²) in [5.41, 5.74) is 2.92. The summed E-state index contributed by atoms with van der Waals surface area (Å²) in [5, 5.41) is 3.61. The lowest BCUT2D eigenvalue weighted by atomic mass is 10.0. The fourth-order valence-corrected chi connectivity index (χ4v) is 3.50. The first-order chi connectivity index (χ1) is 7.42. The molecular formula is C13H17Br2N. The lowest BCUT2D eigenvalue weighted by molar-refractivity contribution is 0.493. The van der Waals surface area contributed by atoms with Gasteiger partial charge in [0.25, 0.3) is 0 Å². The minimum absolute atomic E-state index is 0.490. The Bertz CT molecular complexity index is 387. The molecule has 0 spiro atoms. The van der Waals surface area contributed by atoms with Gasteiger partial charge in [0.05, 0.1) is 5.69 Å². The lowest BCUT2D eigenvalue weighted by Gasteiger charge is -2.23. The number of anilines is 1. The highest BCUT2D eigenvalue weighted by molar-refractivity contribution is 9.11. The van der Waals surface area contributed by atoms with Gasteiger partial charge in [-0.2, -0.15) is 0 Å². The second kappa shape index (κ2) is 4.34. The maximum atomic E-state index is 3.62. The van der Waals surface area contributed by atoms with Crippen LogP contribution in [0.25, 0.3) is 0 Å². The molecule has 1 saturated carbocycles. The van der Waals surface area contributed by atoms with E-state index in [1.165, 1.54) is 24.1 Å². The van der Waals surface area contributed by atoms with Gasteiger partial charge in [0, 0.05) is 15.0 Å². The van der Waals surface area contributed by atoms with Crippen LogP contribution in [-0.2, 0) is 0 Å². The van der Waals surface area contributed by atoms with Crippen LogP contribution in [0.4, 0.5) is 5.69 Å². The number of halogens is 2. The average Bonchev–Trinajstić information content (AvgIpc) is 2.91. The van der Waals surface area contributed by atoms with Crippen molar-refractivity contribution in [3.63, 3.8) is 0 Å². The number of aryl methyl sites for hydroxylation is 1. The van der Waals surface area contributed by atoms with Crippen LogP contribution in [0.2, 0.25) is 0 Å². The summed E-state index contributed by atoms with van der Waals surface area (Å²) in [5.74, 6) is 0. The van der Waals surface area contributed by atoms with Crippen molar-refractivity contribution in [3.05, 3.63) is 26.6 Å². The molecule has 3 heteroatoms. The molecular weight excluding hydrogens is 330 g/mol.